The molecule has 0 bridgehead atoms. The van der Waals surface area contributed by atoms with Crippen molar-refractivity contribution in [2.75, 3.05) is 40.3 Å². The van der Waals surface area contributed by atoms with Gasteiger partial charge in [0.1, 0.15) is 12.6 Å². The van der Waals surface area contributed by atoms with Gasteiger partial charge in [0.25, 0.3) is 0 Å². The fraction of sp³-hybridized carbons (Fsp3) is 0.448. The molecular weight excluding hydrogens is 518 g/mol. The van der Waals surface area contributed by atoms with Gasteiger partial charge in [-0.1, -0.05) is 19.9 Å². The molecule has 0 heterocycles. The minimum absolute atomic E-state index is 0.183. The third-order valence-corrected chi connectivity index (χ3v) is 6.81. The van der Waals surface area contributed by atoms with Gasteiger partial charge in [-0.15, -0.1) is 0 Å². The first-order valence-corrected chi connectivity index (χ1v) is 12.9. The number of hydrogen-bond acceptors (Lipinski definition) is 9. The van der Waals surface area contributed by atoms with Crippen molar-refractivity contribution in [3.63, 3.8) is 0 Å². The maximum absolute atomic E-state index is 13.6. The lowest BCUT2D eigenvalue weighted by Gasteiger charge is -2.21. The molecule has 0 aromatic heterocycles. The van der Waals surface area contributed by atoms with Crippen LogP contribution in [-0.4, -0.2) is 58.8 Å². The summed E-state index contributed by atoms with van der Waals surface area (Å²) in [7, 11) is 5.83. The normalized spacial score (nSPS) is 14.6. The lowest BCUT2D eigenvalue weighted by molar-refractivity contribution is -0.141. The number of methoxy groups -OCH3 is 4. The molecule has 1 aliphatic carbocycles. The van der Waals surface area contributed by atoms with E-state index in [0.29, 0.717) is 41.2 Å². The number of ether oxygens (including phenoxy) is 4. The Morgan fingerprint density at radius 3 is 2.27 bits per heavy atom. The van der Waals surface area contributed by atoms with Gasteiger partial charge in [0.05, 0.1) is 40.2 Å². The van der Waals surface area contributed by atoms with Crippen LogP contribution in [0.5, 0.6) is 17.2 Å². The highest BCUT2D eigenvalue weighted by Crippen LogP contribution is 2.50. The van der Waals surface area contributed by atoms with Crippen molar-refractivity contribution in [3.05, 3.63) is 45.6 Å². The second-order valence-corrected chi connectivity index (χ2v) is 9.76. The van der Waals surface area contributed by atoms with Crippen molar-refractivity contribution in [3.8, 4) is 28.4 Å². The van der Waals surface area contributed by atoms with Crippen molar-refractivity contribution >= 4 is 23.5 Å². The lowest BCUT2D eigenvalue weighted by Crippen LogP contribution is -2.45. The van der Waals surface area contributed by atoms with E-state index in [1.54, 1.807) is 19.2 Å². The first kappa shape index (κ1) is 30.3. The predicted octanol–water partition coefficient (Wildman–Crippen LogP) is 2.59. The van der Waals surface area contributed by atoms with E-state index in [1.165, 1.54) is 34.3 Å². The van der Waals surface area contributed by atoms with E-state index in [4.69, 9.17) is 14.2 Å². The van der Waals surface area contributed by atoms with Crippen LogP contribution in [-0.2, 0) is 25.5 Å². The monoisotopic (exact) mass is 555 g/mol. The van der Waals surface area contributed by atoms with Crippen LogP contribution < -0.4 is 35.6 Å². The Morgan fingerprint density at radius 1 is 1.00 bits per heavy atom. The van der Waals surface area contributed by atoms with Crippen molar-refractivity contribution in [1.82, 2.24) is 10.6 Å². The Labute approximate surface area is 233 Å². The molecule has 216 valence electrons. The fourth-order valence-electron chi connectivity index (χ4n) is 4.87. The second-order valence-electron chi connectivity index (χ2n) is 9.76. The van der Waals surface area contributed by atoms with Crippen LogP contribution in [0.3, 0.4) is 0 Å². The molecule has 1 aliphatic rings. The van der Waals surface area contributed by atoms with Crippen molar-refractivity contribution in [2.45, 2.75) is 45.7 Å². The van der Waals surface area contributed by atoms with Crippen LogP contribution in [0.25, 0.3) is 11.1 Å². The first-order chi connectivity index (χ1) is 19.1. The van der Waals surface area contributed by atoms with Crippen LogP contribution in [0.2, 0.25) is 0 Å². The molecule has 2 aromatic rings. The van der Waals surface area contributed by atoms with Gasteiger partial charge in [0.2, 0.25) is 23.0 Å². The van der Waals surface area contributed by atoms with E-state index >= 15 is 0 Å². The Hall–Kier alpha value is -4.28. The van der Waals surface area contributed by atoms with Gasteiger partial charge >= 0.3 is 5.97 Å². The maximum Gasteiger partial charge on any atom is 0.325 e. The highest BCUT2D eigenvalue weighted by atomic mass is 16.5. The third-order valence-electron chi connectivity index (χ3n) is 6.81. The average molecular weight is 556 g/mol. The van der Waals surface area contributed by atoms with Crippen molar-refractivity contribution in [1.29, 1.82) is 0 Å². The summed E-state index contributed by atoms with van der Waals surface area (Å²) in [6.07, 6.45) is 1.10. The van der Waals surface area contributed by atoms with Gasteiger partial charge < -0.3 is 34.9 Å². The minimum atomic E-state index is -0.808. The SMILES string of the molecule is COC(=O)CNC(=O)[C@H](Nc1ccc2c(cc1=O)[C@H](NC(C)=O)CCc1cc(OC)c(OC)c(OC)c1-2)C(C)C. The summed E-state index contributed by atoms with van der Waals surface area (Å²) in [6, 6.07) is 5.47. The van der Waals surface area contributed by atoms with E-state index in [1.807, 2.05) is 19.9 Å². The van der Waals surface area contributed by atoms with Gasteiger partial charge in [0.15, 0.2) is 11.5 Å². The van der Waals surface area contributed by atoms with Gasteiger partial charge in [-0.05, 0) is 53.6 Å². The zero-order valence-electron chi connectivity index (χ0n) is 23.9. The molecule has 0 saturated heterocycles. The number of carbonyl (C=O) groups is 3. The zero-order chi connectivity index (χ0) is 29.6. The fourth-order valence-corrected chi connectivity index (χ4v) is 4.87. The van der Waals surface area contributed by atoms with Crippen LogP contribution in [0, 0.1) is 5.92 Å². The summed E-state index contributed by atoms with van der Waals surface area (Å²) in [4.78, 5) is 50.1. The van der Waals surface area contributed by atoms with Gasteiger partial charge in [-0.2, -0.15) is 0 Å². The van der Waals surface area contributed by atoms with E-state index in [9.17, 15) is 19.2 Å². The molecule has 0 aliphatic heterocycles. The largest absolute Gasteiger partial charge is 0.493 e. The molecule has 2 amide bonds. The topological polar surface area (TPSA) is 141 Å². The Balaban J connectivity index is 2.20. The number of rotatable bonds is 10. The summed E-state index contributed by atoms with van der Waals surface area (Å²) in [5.74, 6) is -0.137. The molecule has 2 aromatic carbocycles. The van der Waals surface area contributed by atoms with Crippen molar-refractivity contribution < 1.29 is 33.3 Å². The standard InChI is InChI=1S/C29H37N3O8/c1-15(2)26(29(36)30-14-24(35)38-5)32-21-11-9-18-19(13-22(21)34)20(31-16(3)33)10-8-17-12-23(37-4)27(39-6)28(40-7)25(17)18/h9,11-13,15,20,26H,8,10,14H2,1-7H3,(H,30,36)(H,31,33)(H,32,34)/t20-,26-/m1/s1. The van der Waals surface area contributed by atoms with E-state index < -0.39 is 24.0 Å². The molecule has 0 fully saturated rings. The summed E-state index contributed by atoms with van der Waals surface area (Å²) >= 11 is 0. The molecular formula is C29H37N3O8. The smallest absolute Gasteiger partial charge is 0.325 e. The van der Waals surface area contributed by atoms with Crippen LogP contribution >= 0.6 is 0 Å². The van der Waals surface area contributed by atoms with E-state index in [-0.39, 0.29) is 29.5 Å². The quantitative estimate of drug-likeness (QED) is 0.377. The van der Waals surface area contributed by atoms with Crippen LogP contribution in [0.1, 0.15) is 44.4 Å². The number of carbonyl (C=O) groups excluding carboxylic acids is 3. The molecule has 3 rings (SSSR count). The summed E-state index contributed by atoms with van der Waals surface area (Å²) in [6.45, 7) is 4.79. The summed E-state index contributed by atoms with van der Waals surface area (Å²) in [5, 5.41) is 8.56. The number of hydrogen-bond donors (Lipinski definition) is 3. The Morgan fingerprint density at radius 2 is 1.70 bits per heavy atom. The number of benzene rings is 1. The number of esters is 1. The van der Waals surface area contributed by atoms with Gasteiger partial charge in [-0.3, -0.25) is 19.2 Å². The van der Waals surface area contributed by atoms with Gasteiger partial charge in [0, 0.05) is 12.5 Å². The molecule has 0 radical (unpaired) electrons. The lowest BCUT2D eigenvalue weighted by atomic mass is 9.95. The van der Waals surface area contributed by atoms with E-state index in [0.717, 1.165) is 11.1 Å². The number of fused-ring (bicyclic) bond motifs is 3. The number of nitrogens with one attached hydrogen (secondary N) is 3. The van der Waals surface area contributed by atoms with Crippen molar-refractivity contribution in [2.24, 2.45) is 5.92 Å². The molecule has 0 spiro atoms. The summed E-state index contributed by atoms with van der Waals surface area (Å²) < 4.78 is 21.6. The highest BCUT2D eigenvalue weighted by Gasteiger charge is 2.30. The Bertz CT molecular complexity index is 1340. The third kappa shape index (κ3) is 6.47. The first-order valence-electron chi connectivity index (χ1n) is 12.9. The number of aryl methyl sites for hydroxylation is 1. The molecule has 0 saturated carbocycles. The molecule has 11 nitrogen and oxygen atoms in total. The minimum Gasteiger partial charge on any atom is -0.493 e. The van der Waals surface area contributed by atoms with Crippen LogP contribution in [0.4, 0.5) is 5.69 Å². The average Bonchev–Trinajstić information content (AvgIpc) is 3.17. The second kappa shape index (κ2) is 13.2. The molecule has 3 N–H and O–H groups in total. The predicted molar refractivity (Wildman–Crippen MR) is 150 cm³/mol. The molecule has 0 unspecified atom stereocenters. The van der Waals surface area contributed by atoms with Crippen LogP contribution in [0.15, 0.2) is 29.1 Å². The van der Waals surface area contributed by atoms with Gasteiger partial charge in [-0.25, -0.2) is 0 Å². The number of anilines is 1. The highest BCUT2D eigenvalue weighted by molar-refractivity contribution is 5.88. The Kier molecular flexibility index (Phi) is 9.98. The molecule has 2 atom stereocenters. The molecule has 11 heteroatoms. The summed E-state index contributed by atoms with van der Waals surface area (Å²) in [5.41, 5.74) is 2.72. The number of amides is 2. The molecule has 40 heavy (non-hydrogen) atoms. The maximum atomic E-state index is 13.6. The zero-order valence-corrected chi connectivity index (χ0v) is 23.9. The van der Waals surface area contributed by atoms with E-state index in [2.05, 4.69) is 20.7 Å².